The van der Waals surface area contributed by atoms with E-state index in [1.165, 1.54) is 11.8 Å². The molecule has 10 heteroatoms. The SMILES string of the molecule is CC(Sc1nnc(-c2ccncc2)n1C)c1noc(-c2cc(F)ccc2F)n1. The fourth-order valence-electron chi connectivity index (χ4n) is 2.55. The minimum atomic E-state index is -0.632. The zero-order chi connectivity index (χ0) is 19.7. The van der Waals surface area contributed by atoms with Gasteiger partial charge in [-0.25, -0.2) is 8.78 Å². The number of nitrogens with zero attached hydrogens (tertiary/aromatic N) is 6. The van der Waals surface area contributed by atoms with E-state index >= 15 is 0 Å². The number of aromatic nitrogens is 6. The largest absolute Gasteiger partial charge is 0.334 e. The average molecular weight is 400 g/mol. The Kier molecular flexibility index (Phi) is 4.86. The first-order chi connectivity index (χ1) is 13.5. The van der Waals surface area contributed by atoms with Gasteiger partial charge in [-0.05, 0) is 37.3 Å². The molecule has 0 saturated heterocycles. The molecule has 1 atom stereocenters. The predicted octanol–water partition coefficient (Wildman–Crippen LogP) is 4.06. The number of thioether (sulfide) groups is 1. The molecule has 4 aromatic rings. The van der Waals surface area contributed by atoms with Crippen LogP contribution >= 0.6 is 11.8 Å². The zero-order valence-electron chi connectivity index (χ0n) is 14.9. The Morgan fingerprint density at radius 1 is 1.11 bits per heavy atom. The van der Waals surface area contributed by atoms with Crippen LogP contribution in [-0.4, -0.2) is 29.9 Å². The van der Waals surface area contributed by atoms with Gasteiger partial charge in [0, 0.05) is 25.0 Å². The highest BCUT2D eigenvalue weighted by Crippen LogP contribution is 2.34. The molecule has 4 rings (SSSR count). The molecule has 0 fully saturated rings. The Morgan fingerprint density at radius 3 is 2.68 bits per heavy atom. The van der Waals surface area contributed by atoms with Gasteiger partial charge in [0.25, 0.3) is 5.89 Å². The summed E-state index contributed by atoms with van der Waals surface area (Å²) in [4.78, 5) is 8.20. The number of hydrogen-bond donors (Lipinski definition) is 0. The molecule has 0 aliphatic heterocycles. The third-order valence-electron chi connectivity index (χ3n) is 4.02. The molecule has 1 unspecified atom stereocenters. The number of pyridine rings is 1. The van der Waals surface area contributed by atoms with E-state index in [2.05, 4.69) is 25.3 Å². The Hall–Kier alpha value is -3.14. The van der Waals surface area contributed by atoms with Crippen LogP contribution in [0.5, 0.6) is 0 Å². The van der Waals surface area contributed by atoms with Crippen molar-refractivity contribution in [3.63, 3.8) is 0 Å². The fourth-order valence-corrected chi connectivity index (χ4v) is 3.40. The van der Waals surface area contributed by atoms with Gasteiger partial charge in [-0.1, -0.05) is 16.9 Å². The Bertz CT molecular complexity index is 1110. The second kappa shape index (κ2) is 7.47. The first-order valence-electron chi connectivity index (χ1n) is 8.28. The molecule has 0 aliphatic rings. The molecule has 7 nitrogen and oxygen atoms in total. The van der Waals surface area contributed by atoms with Crippen molar-refractivity contribution in [3.8, 4) is 22.8 Å². The van der Waals surface area contributed by atoms with Crippen molar-refractivity contribution in [1.82, 2.24) is 29.9 Å². The highest BCUT2D eigenvalue weighted by Gasteiger charge is 2.21. The summed E-state index contributed by atoms with van der Waals surface area (Å²) >= 11 is 1.38. The van der Waals surface area contributed by atoms with E-state index < -0.39 is 11.6 Å². The monoisotopic (exact) mass is 400 g/mol. The van der Waals surface area contributed by atoms with E-state index in [4.69, 9.17) is 4.52 Å². The molecule has 3 heterocycles. The molecule has 142 valence electrons. The van der Waals surface area contributed by atoms with Crippen LogP contribution in [-0.2, 0) is 7.05 Å². The van der Waals surface area contributed by atoms with E-state index in [1.807, 2.05) is 30.7 Å². The Morgan fingerprint density at radius 2 is 1.89 bits per heavy atom. The summed E-state index contributed by atoms with van der Waals surface area (Å²) in [6.45, 7) is 1.86. The summed E-state index contributed by atoms with van der Waals surface area (Å²) in [5.74, 6) is -0.242. The standard InChI is InChI=1S/C18H14F2N6OS/c1-10(15-22-17(27-25-15)13-9-12(19)3-4-14(13)20)28-18-24-23-16(26(18)2)11-5-7-21-8-6-11/h3-10H,1-2H3. The topological polar surface area (TPSA) is 82.5 Å². The van der Waals surface area contributed by atoms with Crippen LogP contribution in [0.1, 0.15) is 18.0 Å². The predicted molar refractivity (Wildman–Crippen MR) is 98.2 cm³/mol. The molecule has 0 N–H and O–H groups in total. The highest BCUT2D eigenvalue weighted by molar-refractivity contribution is 7.99. The third kappa shape index (κ3) is 3.50. The zero-order valence-corrected chi connectivity index (χ0v) is 15.7. The lowest BCUT2D eigenvalue weighted by Crippen LogP contribution is -1.98. The first-order valence-corrected chi connectivity index (χ1v) is 9.16. The molecular weight excluding hydrogens is 386 g/mol. The summed E-state index contributed by atoms with van der Waals surface area (Å²) in [6, 6.07) is 6.77. The van der Waals surface area contributed by atoms with Gasteiger partial charge in [-0.15, -0.1) is 10.2 Å². The molecule has 0 amide bonds. The lowest BCUT2D eigenvalue weighted by Gasteiger charge is -2.06. The van der Waals surface area contributed by atoms with Crippen molar-refractivity contribution >= 4 is 11.8 Å². The van der Waals surface area contributed by atoms with Gasteiger partial charge < -0.3 is 9.09 Å². The molecule has 3 aromatic heterocycles. The van der Waals surface area contributed by atoms with Crippen LogP contribution in [0.15, 0.2) is 52.4 Å². The molecular formula is C18H14F2N6OS. The van der Waals surface area contributed by atoms with Gasteiger partial charge >= 0.3 is 0 Å². The molecule has 0 spiro atoms. The molecule has 0 aliphatic carbocycles. The normalized spacial score (nSPS) is 12.3. The van der Waals surface area contributed by atoms with E-state index in [-0.39, 0.29) is 16.7 Å². The molecule has 0 saturated carbocycles. The molecule has 0 radical (unpaired) electrons. The number of benzene rings is 1. The number of rotatable bonds is 5. The van der Waals surface area contributed by atoms with Gasteiger partial charge in [0.1, 0.15) is 11.6 Å². The van der Waals surface area contributed by atoms with Crippen molar-refractivity contribution in [2.24, 2.45) is 7.05 Å². The van der Waals surface area contributed by atoms with Gasteiger partial charge in [0.15, 0.2) is 16.8 Å². The highest BCUT2D eigenvalue weighted by atomic mass is 32.2. The Balaban J connectivity index is 1.55. The van der Waals surface area contributed by atoms with Gasteiger partial charge in [-0.3, -0.25) is 4.98 Å². The number of halogens is 2. The summed E-state index contributed by atoms with van der Waals surface area (Å²) < 4.78 is 34.3. The van der Waals surface area contributed by atoms with E-state index in [1.54, 1.807) is 12.4 Å². The quantitative estimate of drug-likeness (QED) is 0.467. The molecule has 28 heavy (non-hydrogen) atoms. The van der Waals surface area contributed by atoms with Crippen molar-refractivity contribution < 1.29 is 13.3 Å². The van der Waals surface area contributed by atoms with E-state index in [0.29, 0.717) is 16.8 Å². The fraction of sp³-hybridized carbons (Fsp3) is 0.167. The first kappa shape index (κ1) is 18.2. The van der Waals surface area contributed by atoms with Gasteiger partial charge in [0.2, 0.25) is 0 Å². The van der Waals surface area contributed by atoms with E-state index in [0.717, 1.165) is 23.8 Å². The van der Waals surface area contributed by atoms with Crippen molar-refractivity contribution in [2.45, 2.75) is 17.3 Å². The van der Waals surface area contributed by atoms with Crippen molar-refractivity contribution in [1.29, 1.82) is 0 Å². The van der Waals surface area contributed by atoms with Crippen molar-refractivity contribution in [3.05, 3.63) is 60.2 Å². The lowest BCUT2D eigenvalue weighted by molar-refractivity contribution is 0.420. The summed E-state index contributed by atoms with van der Waals surface area (Å²) in [6.07, 6.45) is 3.37. The van der Waals surface area contributed by atoms with Crippen LogP contribution in [0.4, 0.5) is 8.78 Å². The average Bonchev–Trinajstić information content (AvgIpc) is 3.32. The maximum Gasteiger partial charge on any atom is 0.261 e. The maximum absolute atomic E-state index is 13.9. The van der Waals surface area contributed by atoms with Crippen LogP contribution in [0, 0.1) is 11.6 Å². The van der Waals surface area contributed by atoms with Crippen LogP contribution in [0.25, 0.3) is 22.8 Å². The van der Waals surface area contributed by atoms with E-state index in [9.17, 15) is 8.78 Å². The van der Waals surface area contributed by atoms with Crippen molar-refractivity contribution in [2.75, 3.05) is 0 Å². The van der Waals surface area contributed by atoms with Crippen LogP contribution in [0.2, 0.25) is 0 Å². The van der Waals surface area contributed by atoms with Gasteiger partial charge in [-0.2, -0.15) is 4.98 Å². The summed E-state index contributed by atoms with van der Waals surface area (Å²) in [5, 5.41) is 12.7. The molecule has 0 bridgehead atoms. The van der Waals surface area contributed by atoms with Gasteiger partial charge in [0.05, 0.1) is 10.8 Å². The second-order valence-electron chi connectivity index (χ2n) is 5.94. The minimum Gasteiger partial charge on any atom is -0.334 e. The Labute approximate surface area is 162 Å². The minimum absolute atomic E-state index is 0.0742. The summed E-state index contributed by atoms with van der Waals surface area (Å²) in [5.41, 5.74) is 0.822. The third-order valence-corrected chi connectivity index (χ3v) is 5.15. The van der Waals surface area contributed by atoms with Crippen LogP contribution in [0.3, 0.4) is 0 Å². The number of hydrogen-bond acceptors (Lipinski definition) is 7. The smallest absolute Gasteiger partial charge is 0.261 e. The molecule has 1 aromatic carbocycles. The summed E-state index contributed by atoms with van der Waals surface area (Å²) in [7, 11) is 1.86. The lowest BCUT2D eigenvalue weighted by atomic mass is 10.2. The van der Waals surface area contributed by atoms with Crippen LogP contribution < -0.4 is 0 Å². The second-order valence-corrected chi connectivity index (χ2v) is 7.25. The maximum atomic E-state index is 13.9.